The second kappa shape index (κ2) is 6.11. The van der Waals surface area contributed by atoms with E-state index in [1.54, 1.807) is 11.3 Å². The zero-order chi connectivity index (χ0) is 10.4. The summed E-state index contributed by atoms with van der Waals surface area (Å²) >= 11 is 1.65. The highest BCUT2D eigenvalue weighted by atomic mass is 32.1. The first-order valence-electron chi connectivity index (χ1n) is 5.00. The lowest BCUT2D eigenvalue weighted by molar-refractivity contribution is 0.121. The molecule has 1 heterocycles. The molecule has 0 radical (unpaired) electrons. The molecular formula is C10H18N2OS. The van der Waals surface area contributed by atoms with Crippen LogP contribution in [0.1, 0.15) is 36.9 Å². The maximum absolute atomic E-state index is 5.57. The predicted molar refractivity (Wildman–Crippen MR) is 59.5 cm³/mol. The largest absolute Gasteiger partial charge is 0.374 e. The normalized spacial score (nSPS) is 13.1. The molecule has 4 heteroatoms. The quantitative estimate of drug-likeness (QED) is 0.738. The van der Waals surface area contributed by atoms with Crippen molar-refractivity contribution in [3.63, 3.8) is 0 Å². The average Bonchev–Trinajstić information content (AvgIpc) is 2.66. The van der Waals surface area contributed by atoms with Gasteiger partial charge in [-0.3, -0.25) is 0 Å². The third kappa shape index (κ3) is 3.36. The van der Waals surface area contributed by atoms with E-state index in [4.69, 9.17) is 10.5 Å². The molecule has 1 aromatic heterocycles. The molecule has 0 amide bonds. The Balaban J connectivity index is 2.42. The molecule has 0 saturated heterocycles. The molecule has 3 nitrogen and oxygen atoms in total. The molecule has 0 fully saturated rings. The van der Waals surface area contributed by atoms with Crippen molar-refractivity contribution in [3.8, 4) is 0 Å². The summed E-state index contributed by atoms with van der Waals surface area (Å²) < 4.78 is 5.41. The molecule has 0 aliphatic heterocycles. The van der Waals surface area contributed by atoms with Gasteiger partial charge in [-0.05, 0) is 6.42 Å². The topological polar surface area (TPSA) is 48.1 Å². The fourth-order valence-corrected chi connectivity index (χ4v) is 1.89. The molecule has 1 atom stereocenters. The Labute approximate surface area is 89.3 Å². The van der Waals surface area contributed by atoms with Gasteiger partial charge in [-0.1, -0.05) is 13.8 Å². The van der Waals surface area contributed by atoms with E-state index in [0.717, 1.165) is 23.7 Å². The van der Waals surface area contributed by atoms with Gasteiger partial charge in [0, 0.05) is 24.4 Å². The minimum atomic E-state index is 0.353. The molecule has 2 N–H and O–H groups in total. The molecule has 1 aromatic rings. The number of ether oxygens (including phenoxy) is 1. The Morgan fingerprint density at radius 2 is 2.43 bits per heavy atom. The van der Waals surface area contributed by atoms with Gasteiger partial charge in [-0.25, -0.2) is 4.98 Å². The highest BCUT2D eigenvalue weighted by Crippen LogP contribution is 2.17. The molecule has 1 rings (SSSR count). The zero-order valence-corrected chi connectivity index (χ0v) is 9.64. The summed E-state index contributed by atoms with van der Waals surface area (Å²) in [6.07, 6.45) is 1.05. The van der Waals surface area contributed by atoms with Gasteiger partial charge in [0.15, 0.2) is 0 Å². The summed E-state index contributed by atoms with van der Waals surface area (Å²) in [5, 5.41) is 3.12. The summed E-state index contributed by atoms with van der Waals surface area (Å²) in [5.74, 6) is 0.353. The Morgan fingerprint density at radius 3 is 3.07 bits per heavy atom. The molecule has 14 heavy (non-hydrogen) atoms. The van der Waals surface area contributed by atoms with Crippen molar-refractivity contribution in [1.29, 1.82) is 0 Å². The van der Waals surface area contributed by atoms with E-state index in [-0.39, 0.29) is 0 Å². The number of hydrogen-bond acceptors (Lipinski definition) is 4. The van der Waals surface area contributed by atoms with E-state index in [1.807, 2.05) is 0 Å². The summed E-state index contributed by atoms with van der Waals surface area (Å²) in [4.78, 5) is 4.47. The second-order valence-corrected chi connectivity index (χ2v) is 4.30. The molecule has 0 aliphatic rings. The Hall–Kier alpha value is -0.450. The van der Waals surface area contributed by atoms with E-state index in [2.05, 4.69) is 24.2 Å². The number of nitrogens with two attached hydrogens (primary N) is 1. The van der Waals surface area contributed by atoms with E-state index < -0.39 is 0 Å². The van der Waals surface area contributed by atoms with Crippen LogP contribution >= 0.6 is 11.3 Å². The minimum absolute atomic E-state index is 0.353. The molecule has 80 valence electrons. The van der Waals surface area contributed by atoms with Crippen molar-refractivity contribution >= 4 is 11.3 Å². The van der Waals surface area contributed by atoms with Gasteiger partial charge in [0.25, 0.3) is 0 Å². The highest BCUT2D eigenvalue weighted by molar-refractivity contribution is 7.09. The van der Waals surface area contributed by atoms with Crippen LogP contribution in [-0.2, 0) is 11.3 Å². The van der Waals surface area contributed by atoms with Crippen molar-refractivity contribution in [1.82, 2.24) is 4.98 Å². The van der Waals surface area contributed by atoms with Crippen LogP contribution in [0.2, 0.25) is 0 Å². The SMILES string of the molecule is CCCOCc1nc(C(C)CN)cs1. The number of thiazole rings is 1. The van der Waals surface area contributed by atoms with E-state index in [1.165, 1.54) is 0 Å². The maximum atomic E-state index is 5.57. The Bertz CT molecular complexity index is 262. The lowest BCUT2D eigenvalue weighted by Gasteiger charge is -2.02. The summed E-state index contributed by atoms with van der Waals surface area (Å²) in [7, 11) is 0. The minimum Gasteiger partial charge on any atom is -0.374 e. The smallest absolute Gasteiger partial charge is 0.119 e. The van der Waals surface area contributed by atoms with Crippen LogP contribution in [0.4, 0.5) is 0 Å². The number of aromatic nitrogens is 1. The summed E-state index contributed by atoms with van der Waals surface area (Å²) in [6.45, 7) is 6.28. The molecule has 1 unspecified atom stereocenters. The van der Waals surface area contributed by atoms with Crippen LogP contribution < -0.4 is 5.73 Å². The first kappa shape index (κ1) is 11.6. The lowest BCUT2D eigenvalue weighted by Crippen LogP contribution is -2.09. The Kier molecular flexibility index (Phi) is 5.07. The van der Waals surface area contributed by atoms with Crippen LogP contribution in [0, 0.1) is 0 Å². The number of rotatable bonds is 6. The standard InChI is InChI=1S/C10H18N2OS/c1-3-4-13-6-10-12-9(7-14-10)8(2)5-11/h7-8H,3-6,11H2,1-2H3. The van der Waals surface area contributed by atoms with Gasteiger partial charge in [0.1, 0.15) is 5.01 Å². The van der Waals surface area contributed by atoms with E-state index in [0.29, 0.717) is 19.1 Å². The van der Waals surface area contributed by atoms with Crippen molar-refractivity contribution in [3.05, 3.63) is 16.1 Å². The average molecular weight is 214 g/mol. The van der Waals surface area contributed by atoms with Gasteiger partial charge >= 0.3 is 0 Å². The molecule has 0 aromatic carbocycles. The first-order chi connectivity index (χ1) is 6.77. The predicted octanol–water partition coefficient (Wildman–Crippen LogP) is 2.13. The van der Waals surface area contributed by atoms with Crippen LogP contribution in [0.3, 0.4) is 0 Å². The maximum Gasteiger partial charge on any atom is 0.119 e. The van der Waals surface area contributed by atoms with Crippen molar-refractivity contribution < 1.29 is 4.74 Å². The number of nitrogens with zero attached hydrogens (tertiary/aromatic N) is 1. The third-order valence-electron chi connectivity index (χ3n) is 2.00. The summed E-state index contributed by atoms with van der Waals surface area (Å²) in [6, 6.07) is 0. The third-order valence-corrected chi connectivity index (χ3v) is 2.84. The van der Waals surface area contributed by atoms with Gasteiger partial charge in [-0.2, -0.15) is 0 Å². The first-order valence-corrected chi connectivity index (χ1v) is 5.88. The molecule has 0 saturated carbocycles. The number of hydrogen-bond donors (Lipinski definition) is 1. The molecule has 0 aliphatic carbocycles. The molecular weight excluding hydrogens is 196 g/mol. The van der Waals surface area contributed by atoms with Crippen molar-refractivity contribution in [2.24, 2.45) is 5.73 Å². The Morgan fingerprint density at radius 1 is 1.64 bits per heavy atom. The monoisotopic (exact) mass is 214 g/mol. The van der Waals surface area contributed by atoms with Crippen molar-refractivity contribution in [2.75, 3.05) is 13.2 Å². The highest BCUT2D eigenvalue weighted by Gasteiger charge is 2.07. The van der Waals surface area contributed by atoms with Crippen LogP contribution in [-0.4, -0.2) is 18.1 Å². The van der Waals surface area contributed by atoms with Crippen LogP contribution in [0.25, 0.3) is 0 Å². The van der Waals surface area contributed by atoms with Gasteiger partial charge < -0.3 is 10.5 Å². The molecule has 0 spiro atoms. The van der Waals surface area contributed by atoms with E-state index in [9.17, 15) is 0 Å². The fraction of sp³-hybridized carbons (Fsp3) is 0.700. The van der Waals surface area contributed by atoms with Crippen LogP contribution in [0.5, 0.6) is 0 Å². The molecule has 0 bridgehead atoms. The van der Waals surface area contributed by atoms with Crippen molar-refractivity contribution in [2.45, 2.75) is 32.8 Å². The zero-order valence-electron chi connectivity index (χ0n) is 8.82. The van der Waals surface area contributed by atoms with Gasteiger partial charge in [-0.15, -0.1) is 11.3 Å². The van der Waals surface area contributed by atoms with E-state index >= 15 is 0 Å². The lowest BCUT2D eigenvalue weighted by atomic mass is 10.1. The van der Waals surface area contributed by atoms with Crippen LogP contribution in [0.15, 0.2) is 5.38 Å². The summed E-state index contributed by atoms with van der Waals surface area (Å²) in [5.41, 5.74) is 6.66. The second-order valence-electron chi connectivity index (χ2n) is 3.36. The van der Waals surface area contributed by atoms with Gasteiger partial charge in [0.05, 0.1) is 12.3 Å². The van der Waals surface area contributed by atoms with Gasteiger partial charge in [0.2, 0.25) is 0 Å². The fourth-order valence-electron chi connectivity index (χ4n) is 1.04.